The maximum absolute atomic E-state index is 11.7. The predicted molar refractivity (Wildman–Crippen MR) is 67.3 cm³/mol. The van der Waals surface area contributed by atoms with Crippen LogP contribution in [0.25, 0.3) is 0 Å². The van der Waals surface area contributed by atoms with Crippen LogP contribution in [0.1, 0.15) is 0 Å². The van der Waals surface area contributed by atoms with Gasteiger partial charge in [0.1, 0.15) is 5.75 Å². The summed E-state index contributed by atoms with van der Waals surface area (Å²) < 4.78 is 29.8. The Hall–Kier alpha value is -1.47. The highest BCUT2D eigenvalue weighted by Gasteiger charge is 2.33. The number of primary amides is 1. The van der Waals surface area contributed by atoms with Crippen molar-refractivity contribution in [2.75, 3.05) is 17.1 Å². The lowest BCUT2D eigenvalue weighted by Gasteiger charge is -2.33. The van der Waals surface area contributed by atoms with Gasteiger partial charge in [-0.3, -0.25) is 9.10 Å². The lowest BCUT2D eigenvalue weighted by Crippen LogP contribution is -2.49. The van der Waals surface area contributed by atoms with E-state index >= 15 is 0 Å². The highest BCUT2D eigenvalue weighted by molar-refractivity contribution is 7.92. The van der Waals surface area contributed by atoms with Crippen LogP contribution in [0.4, 0.5) is 5.69 Å². The molecule has 6 nitrogen and oxygen atoms in total. The number of hydrogen-bond acceptors (Lipinski definition) is 4. The quantitative estimate of drug-likeness (QED) is 0.851. The first kappa shape index (κ1) is 13.0. The zero-order chi connectivity index (χ0) is 13.5. The third-order valence-electron chi connectivity index (χ3n) is 2.51. The minimum Gasteiger partial charge on any atom is -0.476 e. The molecule has 0 saturated carbocycles. The normalized spacial score (nSPS) is 19.0. The van der Waals surface area contributed by atoms with Gasteiger partial charge in [0.25, 0.3) is 5.91 Å². The number of halogens is 1. The fourth-order valence-corrected chi connectivity index (χ4v) is 2.76. The molecular weight excluding hydrogens is 280 g/mol. The molecule has 0 saturated heterocycles. The van der Waals surface area contributed by atoms with Crippen LogP contribution in [0.15, 0.2) is 18.2 Å². The molecule has 1 heterocycles. The third kappa shape index (κ3) is 2.37. The Morgan fingerprint density at radius 1 is 1.56 bits per heavy atom. The number of nitrogens with two attached hydrogens (primary N) is 1. The van der Waals surface area contributed by atoms with Crippen LogP contribution in [0.3, 0.4) is 0 Å². The fourth-order valence-electron chi connectivity index (χ4n) is 1.69. The van der Waals surface area contributed by atoms with Crippen molar-refractivity contribution in [1.82, 2.24) is 0 Å². The topological polar surface area (TPSA) is 89.7 Å². The number of carbonyl (C=O) groups excluding carboxylic acids is 1. The number of hydrogen-bond donors (Lipinski definition) is 1. The highest BCUT2D eigenvalue weighted by atomic mass is 35.5. The van der Waals surface area contributed by atoms with Crippen molar-refractivity contribution in [2.45, 2.75) is 6.10 Å². The van der Waals surface area contributed by atoms with E-state index in [-0.39, 0.29) is 12.3 Å². The molecule has 0 aliphatic carbocycles. The van der Waals surface area contributed by atoms with E-state index in [0.29, 0.717) is 10.7 Å². The van der Waals surface area contributed by atoms with E-state index in [1.54, 1.807) is 6.07 Å². The number of sulfonamides is 1. The third-order valence-corrected chi connectivity index (χ3v) is 3.89. The molecule has 0 spiro atoms. The average molecular weight is 291 g/mol. The molecule has 0 unspecified atom stereocenters. The molecule has 1 aromatic rings. The largest absolute Gasteiger partial charge is 0.476 e. The predicted octanol–water partition coefficient (Wildman–Crippen LogP) is 0.352. The summed E-state index contributed by atoms with van der Waals surface area (Å²) in [5.41, 5.74) is 5.46. The van der Waals surface area contributed by atoms with Gasteiger partial charge in [-0.15, -0.1) is 0 Å². The smallest absolute Gasteiger partial charge is 0.260 e. The van der Waals surface area contributed by atoms with Crippen LogP contribution < -0.4 is 14.8 Å². The van der Waals surface area contributed by atoms with Crippen molar-refractivity contribution in [2.24, 2.45) is 5.73 Å². The molecule has 8 heteroatoms. The summed E-state index contributed by atoms with van der Waals surface area (Å²) in [6, 6.07) is 4.52. The highest BCUT2D eigenvalue weighted by Crippen LogP contribution is 2.36. The number of rotatable bonds is 2. The summed E-state index contributed by atoms with van der Waals surface area (Å²) in [5, 5.41) is 0.378. The van der Waals surface area contributed by atoms with E-state index in [4.69, 9.17) is 22.1 Å². The zero-order valence-electron chi connectivity index (χ0n) is 9.46. The van der Waals surface area contributed by atoms with E-state index in [9.17, 15) is 13.2 Å². The Labute approximate surface area is 109 Å². The van der Waals surface area contributed by atoms with Gasteiger partial charge in [-0.25, -0.2) is 8.42 Å². The second-order valence-electron chi connectivity index (χ2n) is 3.92. The Bertz CT molecular complexity index is 602. The Kier molecular flexibility index (Phi) is 3.12. The second kappa shape index (κ2) is 4.33. The van der Waals surface area contributed by atoms with Crippen LogP contribution in [-0.2, 0) is 14.8 Å². The van der Waals surface area contributed by atoms with E-state index in [1.807, 2.05) is 0 Å². The molecule has 0 fully saturated rings. The molecule has 0 radical (unpaired) electrons. The Morgan fingerprint density at radius 3 is 2.78 bits per heavy atom. The number of nitrogens with zero attached hydrogens (tertiary/aromatic N) is 1. The van der Waals surface area contributed by atoms with Gasteiger partial charge in [0.05, 0.1) is 18.5 Å². The summed E-state index contributed by atoms with van der Waals surface area (Å²) in [6.45, 7) is -0.151. The molecule has 0 aromatic heterocycles. The molecule has 98 valence electrons. The van der Waals surface area contributed by atoms with Gasteiger partial charge in [0.15, 0.2) is 6.10 Å². The molecular formula is C10H11ClN2O4S. The average Bonchev–Trinajstić information content (AvgIpc) is 2.26. The number of amides is 1. The SMILES string of the molecule is CS(=O)(=O)N1C[C@H](C(N)=O)Oc2ccc(Cl)cc21. The summed E-state index contributed by atoms with van der Waals surface area (Å²) in [7, 11) is -3.54. The van der Waals surface area contributed by atoms with Gasteiger partial charge < -0.3 is 10.5 Å². The van der Waals surface area contributed by atoms with Crippen molar-refractivity contribution < 1.29 is 17.9 Å². The minimum atomic E-state index is -3.54. The van der Waals surface area contributed by atoms with E-state index in [2.05, 4.69) is 0 Å². The summed E-state index contributed by atoms with van der Waals surface area (Å²) in [5.74, 6) is -0.455. The molecule has 2 rings (SSSR count). The van der Waals surface area contributed by atoms with Crippen LogP contribution in [0.5, 0.6) is 5.75 Å². The van der Waals surface area contributed by atoms with Gasteiger partial charge in [-0.1, -0.05) is 11.6 Å². The molecule has 1 aromatic carbocycles. The zero-order valence-corrected chi connectivity index (χ0v) is 11.0. The maximum Gasteiger partial charge on any atom is 0.260 e. The summed E-state index contributed by atoms with van der Waals surface area (Å²) in [6.07, 6.45) is 0.0366. The first-order valence-corrected chi connectivity index (χ1v) is 7.25. The van der Waals surface area contributed by atoms with E-state index < -0.39 is 22.0 Å². The Morgan fingerprint density at radius 2 is 2.22 bits per heavy atom. The Balaban J connectivity index is 2.54. The number of benzene rings is 1. The van der Waals surface area contributed by atoms with Crippen molar-refractivity contribution in [3.63, 3.8) is 0 Å². The van der Waals surface area contributed by atoms with E-state index in [1.165, 1.54) is 12.1 Å². The van der Waals surface area contributed by atoms with Crippen LogP contribution in [-0.4, -0.2) is 33.2 Å². The monoisotopic (exact) mass is 290 g/mol. The van der Waals surface area contributed by atoms with Crippen molar-refractivity contribution in [3.05, 3.63) is 23.2 Å². The molecule has 2 N–H and O–H groups in total. The van der Waals surface area contributed by atoms with Gasteiger partial charge in [0, 0.05) is 5.02 Å². The van der Waals surface area contributed by atoms with Gasteiger partial charge in [-0.05, 0) is 18.2 Å². The molecule has 1 atom stereocenters. The van der Waals surface area contributed by atoms with Gasteiger partial charge in [0.2, 0.25) is 10.0 Å². The summed E-state index contributed by atoms with van der Waals surface area (Å²) in [4.78, 5) is 11.2. The van der Waals surface area contributed by atoms with Crippen LogP contribution >= 0.6 is 11.6 Å². The van der Waals surface area contributed by atoms with Crippen LogP contribution in [0.2, 0.25) is 5.02 Å². The summed E-state index contributed by atoms with van der Waals surface area (Å²) >= 11 is 5.82. The molecule has 1 aliphatic rings. The van der Waals surface area contributed by atoms with E-state index in [0.717, 1.165) is 10.6 Å². The number of carbonyl (C=O) groups is 1. The standard InChI is InChI=1S/C10H11ClN2O4S/c1-18(15,16)13-5-9(10(12)14)17-8-3-2-6(11)4-7(8)13/h2-4,9H,5H2,1H3,(H2,12,14)/t9-/m1/s1. The first-order chi connectivity index (χ1) is 8.29. The minimum absolute atomic E-state index is 0.151. The van der Waals surface area contributed by atoms with Gasteiger partial charge >= 0.3 is 0 Å². The molecule has 0 bridgehead atoms. The lowest BCUT2D eigenvalue weighted by atomic mass is 10.2. The van der Waals surface area contributed by atoms with Crippen molar-refractivity contribution in [3.8, 4) is 5.75 Å². The number of fused-ring (bicyclic) bond motifs is 1. The van der Waals surface area contributed by atoms with Crippen molar-refractivity contribution in [1.29, 1.82) is 0 Å². The van der Waals surface area contributed by atoms with Gasteiger partial charge in [-0.2, -0.15) is 0 Å². The molecule has 18 heavy (non-hydrogen) atoms. The lowest BCUT2D eigenvalue weighted by molar-refractivity contribution is -0.124. The molecule has 1 aliphatic heterocycles. The number of ether oxygens (including phenoxy) is 1. The first-order valence-electron chi connectivity index (χ1n) is 5.02. The van der Waals surface area contributed by atoms with Crippen LogP contribution in [0, 0.1) is 0 Å². The number of anilines is 1. The maximum atomic E-state index is 11.7. The van der Waals surface area contributed by atoms with Crippen molar-refractivity contribution >= 4 is 33.2 Å². The fraction of sp³-hybridized carbons (Fsp3) is 0.300. The molecule has 1 amide bonds. The second-order valence-corrected chi connectivity index (χ2v) is 6.26.